The molecule has 7 heteroatoms. The van der Waals surface area contributed by atoms with Crippen LogP contribution >= 0.6 is 35.3 Å². The largest absolute Gasteiger partial charge is 0.497 e. The number of thiazole rings is 1. The molecule has 2 heterocycles. The first kappa shape index (κ1) is 13.4. The van der Waals surface area contributed by atoms with Crippen LogP contribution in [0.15, 0.2) is 34.5 Å². The zero-order valence-electron chi connectivity index (χ0n) is 10.4. The van der Waals surface area contributed by atoms with Crippen molar-refractivity contribution in [3.8, 4) is 5.75 Å². The van der Waals surface area contributed by atoms with Gasteiger partial charge in [0.15, 0.2) is 5.13 Å². The third-order valence-electron chi connectivity index (χ3n) is 2.63. The Hall–Kier alpha value is -1.57. The minimum Gasteiger partial charge on any atom is -0.497 e. The first-order chi connectivity index (χ1) is 9.65. The van der Waals surface area contributed by atoms with Gasteiger partial charge in [-0.25, -0.2) is 4.98 Å². The summed E-state index contributed by atoms with van der Waals surface area (Å²) in [4.78, 5) is 17.8. The monoisotopic (exact) mass is 322 g/mol. The molecule has 0 radical (unpaired) electrons. The zero-order valence-corrected chi connectivity index (χ0v) is 12.9. The summed E-state index contributed by atoms with van der Waals surface area (Å²) in [6.45, 7) is 0. The van der Waals surface area contributed by atoms with Gasteiger partial charge < -0.3 is 4.74 Å². The van der Waals surface area contributed by atoms with E-state index in [0.717, 1.165) is 20.9 Å². The Balaban J connectivity index is 1.85. The molecule has 4 nitrogen and oxygen atoms in total. The second-order valence-electron chi connectivity index (χ2n) is 3.98. The number of anilines is 1. The van der Waals surface area contributed by atoms with E-state index in [1.165, 1.54) is 22.7 Å². The molecule has 1 N–H and O–H groups in total. The number of hydrogen-bond acceptors (Lipinski definition) is 6. The average molecular weight is 322 g/mol. The average Bonchev–Trinajstić information content (AvgIpc) is 3.03. The summed E-state index contributed by atoms with van der Waals surface area (Å²) in [5.41, 5.74) is 0.840. The smallest absolute Gasteiger partial charge is 0.267 e. The summed E-state index contributed by atoms with van der Waals surface area (Å²) >= 11 is 6.97. The Bertz CT molecular complexity index is 779. The van der Waals surface area contributed by atoms with Crippen molar-refractivity contribution in [2.24, 2.45) is 0 Å². The maximum Gasteiger partial charge on any atom is 0.267 e. The molecule has 20 heavy (non-hydrogen) atoms. The number of carbonyl (C=O) groups excluding carboxylic acids is 1. The lowest BCUT2D eigenvalue weighted by Gasteiger charge is -1.96. The molecule has 0 saturated carbocycles. The van der Waals surface area contributed by atoms with Crippen LogP contribution in [0.4, 0.5) is 5.13 Å². The number of fused-ring (bicyclic) bond motifs is 1. The van der Waals surface area contributed by atoms with E-state index in [0.29, 0.717) is 10.0 Å². The van der Waals surface area contributed by atoms with Crippen LogP contribution in [0, 0.1) is 0 Å². The summed E-state index contributed by atoms with van der Waals surface area (Å²) < 4.78 is 6.14. The lowest BCUT2D eigenvalue weighted by molar-refractivity contribution is 0.103. The SMILES string of the molecule is COc1ccc2nc(NC(=O)c3cc(S)cs3)sc2c1. The molecule has 3 rings (SSSR count). The predicted molar refractivity (Wildman–Crippen MR) is 85.7 cm³/mol. The molecule has 1 aromatic carbocycles. The summed E-state index contributed by atoms with van der Waals surface area (Å²) in [6, 6.07) is 7.36. The van der Waals surface area contributed by atoms with Crippen LogP contribution < -0.4 is 10.1 Å². The molecule has 0 spiro atoms. The van der Waals surface area contributed by atoms with Crippen LogP contribution in [0.1, 0.15) is 9.67 Å². The maximum atomic E-state index is 12.0. The Morgan fingerprint density at radius 2 is 2.25 bits per heavy atom. The lowest BCUT2D eigenvalue weighted by atomic mass is 10.3. The van der Waals surface area contributed by atoms with Crippen molar-refractivity contribution >= 4 is 56.6 Å². The third-order valence-corrected chi connectivity index (χ3v) is 4.92. The minimum atomic E-state index is -0.165. The van der Waals surface area contributed by atoms with Crippen LogP contribution in [0.2, 0.25) is 0 Å². The van der Waals surface area contributed by atoms with E-state index in [1.807, 2.05) is 23.6 Å². The number of rotatable bonds is 3. The van der Waals surface area contributed by atoms with Gasteiger partial charge in [0.1, 0.15) is 5.75 Å². The maximum absolute atomic E-state index is 12.0. The van der Waals surface area contributed by atoms with Gasteiger partial charge in [0.25, 0.3) is 5.91 Å². The molecule has 2 aromatic heterocycles. The number of methoxy groups -OCH3 is 1. The van der Waals surface area contributed by atoms with Crippen molar-refractivity contribution in [1.29, 1.82) is 0 Å². The molecule has 0 aliphatic rings. The van der Waals surface area contributed by atoms with Gasteiger partial charge in [-0.15, -0.1) is 24.0 Å². The summed E-state index contributed by atoms with van der Waals surface area (Å²) in [7, 11) is 1.62. The van der Waals surface area contributed by atoms with Crippen LogP contribution in [0.25, 0.3) is 10.2 Å². The number of benzene rings is 1. The summed E-state index contributed by atoms with van der Waals surface area (Å²) in [5.74, 6) is 0.610. The van der Waals surface area contributed by atoms with E-state index < -0.39 is 0 Å². The van der Waals surface area contributed by atoms with Crippen molar-refractivity contribution in [1.82, 2.24) is 4.98 Å². The number of thiol groups is 1. The van der Waals surface area contributed by atoms with Crippen molar-refractivity contribution in [3.63, 3.8) is 0 Å². The van der Waals surface area contributed by atoms with Gasteiger partial charge in [-0.3, -0.25) is 10.1 Å². The molecular weight excluding hydrogens is 312 g/mol. The van der Waals surface area contributed by atoms with Crippen LogP contribution in [-0.2, 0) is 0 Å². The van der Waals surface area contributed by atoms with Crippen molar-refractivity contribution in [2.45, 2.75) is 4.90 Å². The van der Waals surface area contributed by atoms with Gasteiger partial charge >= 0.3 is 0 Å². The van der Waals surface area contributed by atoms with Gasteiger partial charge in [0.05, 0.1) is 22.2 Å². The fourth-order valence-electron chi connectivity index (χ4n) is 1.69. The normalized spacial score (nSPS) is 10.7. The Morgan fingerprint density at radius 3 is 2.95 bits per heavy atom. The van der Waals surface area contributed by atoms with Gasteiger partial charge in [-0.05, 0) is 24.3 Å². The zero-order chi connectivity index (χ0) is 14.1. The molecule has 0 aliphatic carbocycles. The number of aromatic nitrogens is 1. The molecule has 0 bridgehead atoms. The first-order valence-electron chi connectivity index (χ1n) is 5.69. The van der Waals surface area contributed by atoms with Crippen LogP contribution in [-0.4, -0.2) is 18.0 Å². The molecule has 0 unspecified atom stereocenters. The molecule has 1 amide bonds. The third kappa shape index (κ3) is 2.65. The molecule has 0 atom stereocenters. The van der Waals surface area contributed by atoms with Gasteiger partial charge in [0.2, 0.25) is 0 Å². The van der Waals surface area contributed by atoms with Crippen molar-refractivity contribution in [2.75, 3.05) is 12.4 Å². The summed E-state index contributed by atoms with van der Waals surface area (Å²) in [5, 5.41) is 5.20. The summed E-state index contributed by atoms with van der Waals surface area (Å²) in [6.07, 6.45) is 0. The standard InChI is InChI=1S/C13H10N2O2S3/c1-17-7-2-3-9-10(4-7)20-13(14-9)15-12(16)11-5-8(18)6-19-11/h2-6,18H,1H3,(H,14,15,16). The number of carbonyl (C=O) groups is 1. The highest BCUT2D eigenvalue weighted by Crippen LogP contribution is 2.29. The highest BCUT2D eigenvalue weighted by molar-refractivity contribution is 7.80. The minimum absolute atomic E-state index is 0.165. The highest BCUT2D eigenvalue weighted by Gasteiger charge is 2.12. The number of nitrogens with zero attached hydrogens (tertiary/aromatic N) is 1. The highest BCUT2D eigenvalue weighted by atomic mass is 32.1. The second-order valence-corrected chi connectivity index (χ2v) is 6.43. The Labute approximate surface area is 128 Å². The van der Waals surface area contributed by atoms with Gasteiger partial charge in [-0.2, -0.15) is 0 Å². The van der Waals surface area contributed by atoms with Crippen molar-refractivity contribution in [3.05, 3.63) is 34.5 Å². The topological polar surface area (TPSA) is 51.2 Å². The van der Waals surface area contributed by atoms with E-state index in [1.54, 1.807) is 13.2 Å². The van der Waals surface area contributed by atoms with E-state index in [-0.39, 0.29) is 5.91 Å². The fourth-order valence-corrected chi connectivity index (χ4v) is 3.62. The van der Waals surface area contributed by atoms with Gasteiger partial charge in [0, 0.05) is 10.3 Å². The molecule has 102 valence electrons. The molecule has 0 saturated heterocycles. The Kier molecular flexibility index (Phi) is 3.64. The quantitative estimate of drug-likeness (QED) is 0.719. The Morgan fingerprint density at radius 1 is 1.40 bits per heavy atom. The van der Waals surface area contributed by atoms with Gasteiger partial charge in [-0.1, -0.05) is 11.3 Å². The van der Waals surface area contributed by atoms with Crippen LogP contribution in [0.3, 0.4) is 0 Å². The molecular formula is C13H10N2O2S3. The van der Waals surface area contributed by atoms with E-state index in [2.05, 4.69) is 22.9 Å². The lowest BCUT2D eigenvalue weighted by Crippen LogP contribution is -2.09. The number of thiophene rings is 1. The molecule has 0 fully saturated rings. The number of hydrogen-bond donors (Lipinski definition) is 2. The number of amides is 1. The van der Waals surface area contributed by atoms with E-state index >= 15 is 0 Å². The van der Waals surface area contributed by atoms with E-state index in [9.17, 15) is 4.79 Å². The first-order valence-corrected chi connectivity index (χ1v) is 7.83. The van der Waals surface area contributed by atoms with Crippen LogP contribution in [0.5, 0.6) is 5.75 Å². The fraction of sp³-hybridized carbons (Fsp3) is 0.0769. The van der Waals surface area contributed by atoms with Crippen molar-refractivity contribution < 1.29 is 9.53 Å². The van der Waals surface area contributed by atoms with E-state index in [4.69, 9.17) is 4.74 Å². The number of ether oxygens (including phenoxy) is 1. The predicted octanol–water partition coefficient (Wildman–Crippen LogP) is 3.91. The molecule has 3 aromatic rings. The molecule has 0 aliphatic heterocycles. The number of nitrogens with one attached hydrogen (secondary N) is 1. The second kappa shape index (κ2) is 5.43.